The molecule has 0 saturated carbocycles. The minimum absolute atomic E-state index is 0.0317. The maximum Gasteiger partial charge on any atom is 0.326 e. The van der Waals surface area contributed by atoms with Crippen molar-refractivity contribution in [2.45, 2.75) is 70.1 Å². The number of hydrogen-bond donors (Lipinski definition) is 9. The summed E-state index contributed by atoms with van der Waals surface area (Å²) in [4.78, 5) is 63.7. The van der Waals surface area contributed by atoms with Crippen molar-refractivity contribution < 1.29 is 34.2 Å². The van der Waals surface area contributed by atoms with Crippen LogP contribution in [0.3, 0.4) is 0 Å². The molecule has 0 fully saturated rings. The van der Waals surface area contributed by atoms with Gasteiger partial charge in [0.2, 0.25) is 23.6 Å². The Morgan fingerprint density at radius 3 is 1.89 bits per heavy atom. The third-order valence-electron chi connectivity index (χ3n) is 4.75. The van der Waals surface area contributed by atoms with Crippen LogP contribution in [-0.4, -0.2) is 83.1 Å². The lowest BCUT2D eigenvalue weighted by Crippen LogP contribution is -2.58. The summed E-state index contributed by atoms with van der Waals surface area (Å²) in [7, 11) is 0. The summed E-state index contributed by atoms with van der Waals surface area (Å²) < 4.78 is 0. The lowest BCUT2D eigenvalue weighted by Gasteiger charge is -2.25. The molecule has 0 aromatic rings. The van der Waals surface area contributed by atoms with Gasteiger partial charge in [0, 0.05) is 13.0 Å². The first-order valence-electron chi connectivity index (χ1n) is 11.1. The van der Waals surface area contributed by atoms with Crippen LogP contribution in [0, 0.1) is 5.92 Å². The topological polar surface area (TPSA) is 278 Å². The number of amides is 4. The van der Waals surface area contributed by atoms with Crippen LogP contribution in [-0.2, 0) is 24.0 Å². The number of nitrogens with zero attached hydrogens (tertiary/aromatic N) is 1. The second kappa shape index (κ2) is 16.2. The minimum atomic E-state index is -1.50. The van der Waals surface area contributed by atoms with Crippen LogP contribution in [0.15, 0.2) is 4.99 Å². The van der Waals surface area contributed by atoms with E-state index in [-0.39, 0.29) is 44.1 Å². The molecule has 200 valence electrons. The number of aliphatic carboxylic acids is 1. The van der Waals surface area contributed by atoms with Crippen molar-refractivity contribution in [1.82, 2.24) is 16.0 Å². The van der Waals surface area contributed by atoms with E-state index in [2.05, 4.69) is 20.9 Å². The number of hydrogen-bond acceptors (Lipinski definition) is 8. The zero-order valence-electron chi connectivity index (χ0n) is 20.0. The Kier molecular flexibility index (Phi) is 14.6. The molecule has 0 aliphatic heterocycles. The molecule has 0 rings (SSSR count). The van der Waals surface area contributed by atoms with Crippen molar-refractivity contribution in [3.05, 3.63) is 0 Å². The number of aliphatic hydroxyl groups is 1. The lowest BCUT2D eigenvalue weighted by molar-refractivity contribution is -0.143. The third-order valence-corrected chi connectivity index (χ3v) is 4.75. The minimum Gasteiger partial charge on any atom is -0.480 e. The summed E-state index contributed by atoms with van der Waals surface area (Å²) in [6, 6.07) is -4.97. The van der Waals surface area contributed by atoms with Crippen LogP contribution in [0.2, 0.25) is 0 Å². The van der Waals surface area contributed by atoms with E-state index in [1.54, 1.807) is 0 Å². The quantitative estimate of drug-likeness (QED) is 0.0531. The molecular formula is C20H38N8O7. The maximum absolute atomic E-state index is 12.8. The van der Waals surface area contributed by atoms with Gasteiger partial charge in [-0.15, -0.1) is 0 Å². The first-order valence-corrected chi connectivity index (χ1v) is 11.1. The lowest BCUT2D eigenvalue weighted by atomic mass is 10.0. The highest BCUT2D eigenvalue weighted by Crippen LogP contribution is 2.07. The Bertz CT molecular complexity index is 771. The summed E-state index contributed by atoms with van der Waals surface area (Å²) in [5.41, 5.74) is 21.3. The largest absolute Gasteiger partial charge is 0.480 e. The van der Waals surface area contributed by atoms with Gasteiger partial charge in [-0.05, 0) is 31.6 Å². The van der Waals surface area contributed by atoms with Crippen molar-refractivity contribution in [3.8, 4) is 0 Å². The van der Waals surface area contributed by atoms with Crippen molar-refractivity contribution in [2.75, 3.05) is 13.2 Å². The Morgan fingerprint density at radius 2 is 1.40 bits per heavy atom. The van der Waals surface area contributed by atoms with Gasteiger partial charge in [-0.3, -0.25) is 24.2 Å². The van der Waals surface area contributed by atoms with Crippen molar-refractivity contribution in [1.29, 1.82) is 0 Å². The normalized spacial score (nSPS) is 14.2. The van der Waals surface area contributed by atoms with Crippen LogP contribution in [0.5, 0.6) is 0 Å². The zero-order valence-corrected chi connectivity index (χ0v) is 20.0. The van der Waals surface area contributed by atoms with Gasteiger partial charge >= 0.3 is 5.97 Å². The Hall–Kier alpha value is -3.46. The number of carboxylic acid groups (broad SMARTS) is 1. The summed E-state index contributed by atoms with van der Waals surface area (Å²) >= 11 is 0. The fraction of sp³-hybridized carbons (Fsp3) is 0.700. The van der Waals surface area contributed by atoms with Crippen molar-refractivity contribution >= 4 is 35.6 Å². The van der Waals surface area contributed by atoms with Gasteiger partial charge in [-0.25, -0.2) is 4.79 Å². The Balaban J connectivity index is 5.17. The number of guanidine groups is 1. The van der Waals surface area contributed by atoms with Gasteiger partial charge in [-0.1, -0.05) is 13.8 Å². The van der Waals surface area contributed by atoms with Crippen LogP contribution in [0.25, 0.3) is 0 Å². The second-order valence-electron chi connectivity index (χ2n) is 8.39. The molecule has 4 atom stereocenters. The molecule has 4 unspecified atom stereocenters. The molecule has 0 aromatic heterocycles. The van der Waals surface area contributed by atoms with E-state index in [1.165, 1.54) is 0 Å². The number of aliphatic imine (C=N–C) groups is 1. The molecule has 0 aliphatic rings. The molecule has 0 bridgehead atoms. The van der Waals surface area contributed by atoms with Crippen molar-refractivity contribution in [2.24, 2.45) is 33.8 Å². The number of primary amides is 1. The van der Waals surface area contributed by atoms with Crippen LogP contribution in [0.4, 0.5) is 0 Å². The van der Waals surface area contributed by atoms with Gasteiger partial charge in [0.1, 0.15) is 18.1 Å². The second-order valence-corrected chi connectivity index (χ2v) is 8.39. The van der Waals surface area contributed by atoms with Crippen LogP contribution in [0.1, 0.15) is 46.0 Å². The average molecular weight is 503 g/mol. The molecular weight excluding hydrogens is 464 g/mol. The number of carboxylic acids is 1. The highest BCUT2D eigenvalue weighted by atomic mass is 16.4. The first kappa shape index (κ1) is 31.5. The summed E-state index contributed by atoms with van der Waals surface area (Å²) in [5, 5.41) is 25.8. The third kappa shape index (κ3) is 13.7. The monoisotopic (exact) mass is 502 g/mol. The molecule has 0 spiro atoms. The SMILES string of the molecule is CC(C)CC(NC(=O)C(N)CCCN=C(N)N)C(=O)NC(CO)C(=O)NC(CCC(N)=O)C(=O)O. The van der Waals surface area contributed by atoms with E-state index in [4.69, 9.17) is 22.9 Å². The van der Waals surface area contributed by atoms with E-state index in [9.17, 15) is 34.2 Å². The van der Waals surface area contributed by atoms with Crippen LogP contribution < -0.4 is 38.9 Å². The number of aliphatic hydroxyl groups excluding tert-OH is 1. The molecule has 0 aliphatic carbocycles. The summed E-state index contributed by atoms with van der Waals surface area (Å²) in [5.74, 6) is -4.63. The highest BCUT2D eigenvalue weighted by molar-refractivity contribution is 5.94. The summed E-state index contributed by atoms with van der Waals surface area (Å²) in [6.45, 7) is 3.07. The number of nitrogens with one attached hydrogen (secondary N) is 3. The van der Waals surface area contributed by atoms with Gasteiger partial charge < -0.3 is 49.1 Å². The summed E-state index contributed by atoms with van der Waals surface area (Å²) in [6.07, 6.45) is 0.328. The molecule has 0 aromatic carbocycles. The van der Waals surface area contributed by atoms with Crippen molar-refractivity contribution in [3.63, 3.8) is 0 Å². The van der Waals surface area contributed by atoms with Gasteiger partial charge in [-0.2, -0.15) is 0 Å². The number of nitrogens with two attached hydrogens (primary N) is 4. The smallest absolute Gasteiger partial charge is 0.326 e. The van der Waals surface area contributed by atoms with E-state index >= 15 is 0 Å². The van der Waals surface area contributed by atoms with E-state index in [0.29, 0.717) is 6.42 Å². The predicted molar refractivity (Wildman–Crippen MR) is 126 cm³/mol. The number of carbonyl (C=O) groups is 5. The molecule has 0 saturated heterocycles. The predicted octanol–water partition coefficient (Wildman–Crippen LogP) is -3.79. The van der Waals surface area contributed by atoms with E-state index < -0.39 is 60.4 Å². The molecule has 15 heteroatoms. The number of carbonyl (C=O) groups excluding carboxylic acids is 4. The highest BCUT2D eigenvalue weighted by Gasteiger charge is 2.30. The first-order chi connectivity index (χ1) is 16.3. The van der Waals surface area contributed by atoms with Gasteiger partial charge in [0.15, 0.2) is 5.96 Å². The standard InChI is InChI=1S/C20H38N8O7/c1-10(2)8-13(27-16(31)11(21)4-3-7-25-20(23)24)17(32)28-14(9-29)18(33)26-12(19(34)35)5-6-15(22)30/h10-14,29H,3-9,21H2,1-2H3,(H2,22,30)(H,26,33)(H,27,31)(H,28,32)(H,34,35)(H4,23,24,25). The fourth-order valence-electron chi connectivity index (χ4n) is 2.91. The molecule has 35 heavy (non-hydrogen) atoms. The van der Waals surface area contributed by atoms with Crippen LogP contribution >= 0.6 is 0 Å². The molecule has 0 radical (unpaired) electrons. The van der Waals surface area contributed by atoms with E-state index in [1.807, 2.05) is 13.8 Å². The fourth-order valence-corrected chi connectivity index (χ4v) is 2.91. The number of rotatable bonds is 17. The Morgan fingerprint density at radius 1 is 0.857 bits per heavy atom. The van der Waals surface area contributed by atoms with E-state index in [0.717, 1.165) is 0 Å². The average Bonchev–Trinajstić information content (AvgIpc) is 2.75. The molecule has 13 N–H and O–H groups in total. The maximum atomic E-state index is 12.8. The molecule has 4 amide bonds. The zero-order chi connectivity index (χ0) is 27.1. The molecule has 15 nitrogen and oxygen atoms in total. The Labute approximate surface area is 203 Å². The van der Waals surface area contributed by atoms with Gasteiger partial charge in [0.25, 0.3) is 0 Å². The van der Waals surface area contributed by atoms with Gasteiger partial charge in [0.05, 0.1) is 12.6 Å². The molecule has 0 heterocycles.